The number of fused-ring (bicyclic) bond motifs is 1. The molecule has 0 unspecified atom stereocenters. The van der Waals surface area contributed by atoms with Crippen molar-refractivity contribution < 1.29 is 4.79 Å². The maximum Gasteiger partial charge on any atom is 0.267 e. The molecule has 6 nitrogen and oxygen atoms in total. The number of rotatable bonds is 4. The third-order valence-corrected chi connectivity index (χ3v) is 8.19. The molecule has 1 fully saturated rings. The number of thiophene rings is 1. The van der Waals surface area contributed by atoms with Crippen molar-refractivity contribution in [3.8, 4) is 5.69 Å². The van der Waals surface area contributed by atoms with Crippen LogP contribution in [0.1, 0.15) is 21.6 Å². The molecule has 164 valence electrons. The summed E-state index contributed by atoms with van der Waals surface area (Å²) < 4.78 is 1.70. The summed E-state index contributed by atoms with van der Waals surface area (Å²) in [5.41, 5.74) is 3.92. The summed E-state index contributed by atoms with van der Waals surface area (Å²) >= 11 is 2.90. The van der Waals surface area contributed by atoms with Crippen LogP contribution in [-0.4, -0.2) is 64.2 Å². The lowest BCUT2D eigenvalue weighted by molar-refractivity contribution is -0.129. The first-order chi connectivity index (χ1) is 14.8. The summed E-state index contributed by atoms with van der Waals surface area (Å²) in [6.45, 7) is 11.3. The fraction of sp³-hybridized carbons (Fsp3) is 0.435. The van der Waals surface area contributed by atoms with Gasteiger partial charge in [-0.05, 0) is 57.5 Å². The Hall–Kier alpha value is -2.16. The maximum atomic E-state index is 13.6. The van der Waals surface area contributed by atoms with Crippen LogP contribution in [0.2, 0.25) is 0 Å². The third-order valence-electron chi connectivity index (χ3n) is 6.17. The van der Waals surface area contributed by atoms with Crippen LogP contribution in [0.15, 0.2) is 28.2 Å². The topological polar surface area (TPSA) is 58.4 Å². The predicted octanol–water partition coefficient (Wildman–Crippen LogP) is 3.55. The molecule has 4 rings (SSSR count). The average molecular weight is 457 g/mol. The standard InChI is InChI=1S/C23H28N4O2S2/c1-14-7-6-8-18(15(14)2)27-22(29)20-16(3)17(4)31-21(20)24-23(27)30-13-19(28)26-11-9-25(5)10-12-26/h6-8H,9-13H2,1-5H3. The van der Waals surface area contributed by atoms with E-state index in [2.05, 4.69) is 11.9 Å². The number of benzene rings is 1. The molecule has 1 saturated heterocycles. The van der Waals surface area contributed by atoms with Crippen LogP contribution in [0, 0.1) is 27.7 Å². The van der Waals surface area contributed by atoms with Crippen LogP contribution in [0.4, 0.5) is 0 Å². The van der Waals surface area contributed by atoms with Crippen LogP contribution in [0.25, 0.3) is 15.9 Å². The number of piperazine rings is 1. The Morgan fingerprint density at radius 2 is 1.81 bits per heavy atom. The number of likely N-dealkylation sites (N-methyl/N-ethyl adjacent to an activating group) is 1. The first kappa shape index (κ1) is 22.0. The van der Waals surface area contributed by atoms with Gasteiger partial charge in [-0.25, -0.2) is 4.98 Å². The van der Waals surface area contributed by atoms with Gasteiger partial charge in [0.25, 0.3) is 5.56 Å². The molecule has 0 atom stereocenters. The highest BCUT2D eigenvalue weighted by molar-refractivity contribution is 7.99. The summed E-state index contributed by atoms with van der Waals surface area (Å²) in [6.07, 6.45) is 0. The normalized spacial score (nSPS) is 15.1. The van der Waals surface area contributed by atoms with Crippen molar-refractivity contribution >= 4 is 39.2 Å². The van der Waals surface area contributed by atoms with Crippen LogP contribution in [-0.2, 0) is 4.79 Å². The van der Waals surface area contributed by atoms with Gasteiger partial charge in [0.2, 0.25) is 5.91 Å². The van der Waals surface area contributed by atoms with Gasteiger partial charge in [-0.2, -0.15) is 0 Å². The monoisotopic (exact) mass is 456 g/mol. The van der Waals surface area contributed by atoms with E-state index in [1.165, 1.54) is 11.8 Å². The zero-order valence-corrected chi connectivity index (χ0v) is 20.3. The first-order valence-corrected chi connectivity index (χ1v) is 12.3. The van der Waals surface area contributed by atoms with Crippen molar-refractivity contribution in [3.05, 3.63) is 50.1 Å². The van der Waals surface area contributed by atoms with E-state index in [1.54, 1.807) is 15.9 Å². The zero-order valence-electron chi connectivity index (χ0n) is 18.7. The van der Waals surface area contributed by atoms with Crippen LogP contribution < -0.4 is 5.56 Å². The van der Waals surface area contributed by atoms with Crippen molar-refractivity contribution in [2.75, 3.05) is 39.0 Å². The smallest absolute Gasteiger partial charge is 0.267 e. The molecule has 3 heterocycles. The molecule has 1 aliphatic rings. The van der Waals surface area contributed by atoms with Crippen molar-refractivity contribution in [1.82, 2.24) is 19.4 Å². The second kappa shape index (κ2) is 8.76. The lowest BCUT2D eigenvalue weighted by Crippen LogP contribution is -2.47. The summed E-state index contributed by atoms with van der Waals surface area (Å²) in [5.74, 6) is 0.370. The number of hydrogen-bond donors (Lipinski definition) is 0. The van der Waals surface area contributed by atoms with Crippen molar-refractivity contribution in [2.45, 2.75) is 32.9 Å². The molecule has 0 spiro atoms. The minimum atomic E-state index is -0.0601. The summed E-state index contributed by atoms with van der Waals surface area (Å²) in [5, 5.41) is 1.26. The van der Waals surface area contributed by atoms with Gasteiger partial charge in [0.1, 0.15) is 4.83 Å². The van der Waals surface area contributed by atoms with Gasteiger partial charge >= 0.3 is 0 Å². The van der Waals surface area contributed by atoms with Gasteiger partial charge in [-0.1, -0.05) is 23.9 Å². The second-order valence-corrected chi connectivity index (χ2v) is 10.3. The molecular formula is C23H28N4O2S2. The van der Waals surface area contributed by atoms with Crippen molar-refractivity contribution in [2.24, 2.45) is 0 Å². The molecule has 0 N–H and O–H groups in total. The largest absolute Gasteiger partial charge is 0.339 e. The van der Waals surface area contributed by atoms with Crippen LogP contribution in [0.5, 0.6) is 0 Å². The van der Waals surface area contributed by atoms with Crippen LogP contribution in [0.3, 0.4) is 0 Å². The molecule has 1 aliphatic heterocycles. The first-order valence-electron chi connectivity index (χ1n) is 10.5. The number of hydrogen-bond acceptors (Lipinski definition) is 6. The molecule has 1 aromatic carbocycles. The molecule has 1 amide bonds. The molecule has 8 heteroatoms. The predicted molar refractivity (Wildman–Crippen MR) is 129 cm³/mol. The van der Waals surface area contributed by atoms with Gasteiger partial charge in [0.15, 0.2) is 5.16 Å². The zero-order chi connectivity index (χ0) is 22.3. The maximum absolute atomic E-state index is 13.6. The van der Waals surface area contributed by atoms with E-state index >= 15 is 0 Å². The van der Waals surface area contributed by atoms with Crippen molar-refractivity contribution in [3.63, 3.8) is 0 Å². The third kappa shape index (κ3) is 4.16. The molecule has 31 heavy (non-hydrogen) atoms. The number of carbonyl (C=O) groups is 1. The SMILES string of the molecule is Cc1cccc(-n2c(SCC(=O)N3CCN(C)CC3)nc3sc(C)c(C)c3c2=O)c1C. The number of aryl methyl sites for hydroxylation is 3. The Labute approximate surface area is 190 Å². The Bertz CT molecular complexity index is 1210. The van der Waals surface area contributed by atoms with Gasteiger partial charge < -0.3 is 9.80 Å². The van der Waals surface area contributed by atoms with Gasteiger partial charge in [-0.15, -0.1) is 11.3 Å². The van der Waals surface area contributed by atoms with E-state index in [9.17, 15) is 9.59 Å². The van der Waals surface area contributed by atoms with E-state index in [1.807, 2.05) is 50.8 Å². The van der Waals surface area contributed by atoms with E-state index in [4.69, 9.17) is 4.98 Å². The molecule has 0 aliphatic carbocycles. The summed E-state index contributed by atoms with van der Waals surface area (Å²) in [6, 6.07) is 5.96. The van der Waals surface area contributed by atoms with E-state index in [0.717, 1.165) is 58.3 Å². The second-order valence-electron chi connectivity index (χ2n) is 8.19. The van der Waals surface area contributed by atoms with E-state index in [0.29, 0.717) is 10.5 Å². The Morgan fingerprint density at radius 3 is 2.52 bits per heavy atom. The lowest BCUT2D eigenvalue weighted by atomic mass is 10.1. The fourth-order valence-electron chi connectivity index (χ4n) is 3.84. The van der Waals surface area contributed by atoms with Gasteiger partial charge in [0, 0.05) is 31.1 Å². The number of carbonyl (C=O) groups excluding carboxylic acids is 1. The lowest BCUT2D eigenvalue weighted by Gasteiger charge is -2.32. The molecule has 0 bridgehead atoms. The highest BCUT2D eigenvalue weighted by atomic mass is 32.2. The summed E-state index contributed by atoms with van der Waals surface area (Å²) in [7, 11) is 2.07. The van der Waals surface area contributed by atoms with Crippen molar-refractivity contribution in [1.29, 1.82) is 0 Å². The van der Waals surface area contributed by atoms with E-state index in [-0.39, 0.29) is 17.2 Å². The molecule has 2 aromatic heterocycles. The quantitative estimate of drug-likeness (QED) is 0.444. The van der Waals surface area contributed by atoms with Gasteiger partial charge in [-0.3, -0.25) is 14.2 Å². The Balaban J connectivity index is 1.76. The van der Waals surface area contributed by atoms with Crippen LogP contribution >= 0.6 is 23.1 Å². The Morgan fingerprint density at radius 1 is 1.10 bits per heavy atom. The molecule has 0 saturated carbocycles. The highest BCUT2D eigenvalue weighted by Gasteiger charge is 2.23. The van der Waals surface area contributed by atoms with E-state index < -0.39 is 0 Å². The number of aromatic nitrogens is 2. The highest BCUT2D eigenvalue weighted by Crippen LogP contribution is 2.30. The molecule has 3 aromatic rings. The summed E-state index contributed by atoms with van der Waals surface area (Å²) in [4.78, 5) is 37.3. The van der Waals surface area contributed by atoms with Gasteiger partial charge in [0.05, 0.1) is 16.8 Å². The Kier molecular flexibility index (Phi) is 6.23. The average Bonchev–Trinajstić information content (AvgIpc) is 3.03. The molecule has 0 radical (unpaired) electrons. The minimum absolute atomic E-state index is 0.0601. The number of amides is 1. The fourth-order valence-corrected chi connectivity index (χ4v) is 5.81. The number of thioether (sulfide) groups is 1. The molecular weight excluding hydrogens is 428 g/mol. The minimum Gasteiger partial charge on any atom is -0.339 e. The number of nitrogens with zero attached hydrogens (tertiary/aromatic N) is 4.